The lowest BCUT2D eigenvalue weighted by Gasteiger charge is -2.25. The zero-order valence-electron chi connectivity index (χ0n) is 10.9. The summed E-state index contributed by atoms with van der Waals surface area (Å²) in [6.07, 6.45) is 1.89. The molecule has 1 heterocycles. The fourth-order valence-corrected chi connectivity index (χ4v) is 1.76. The molecule has 0 fully saturated rings. The van der Waals surface area contributed by atoms with Crippen LogP contribution in [0, 0.1) is 0 Å². The maximum absolute atomic E-state index is 12.1. The van der Waals surface area contributed by atoms with E-state index in [1.165, 1.54) is 0 Å². The number of hydrogen-bond donors (Lipinski definition) is 1. The van der Waals surface area contributed by atoms with E-state index in [1.807, 2.05) is 7.05 Å². The van der Waals surface area contributed by atoms with Gasteiger partial charge in [-0.05, 0) is 25.0 Å². The second kappa shape index (κ2) is 6.18. The maximum atomic E-state index is 12.1. The summed E-state index contributed by atoms with van der Waals surface area (Å²) in [5.41, 5.74) is 0.387. The van der Waals surface area contributed by atoms with Crippen LogP contribution in [0.2, 0.25) is 0 Å². The molecule has 94 valence electrons. The highest BCUT2D eigenvalue weighted by Crippen LogP contribution is 2.10. The Morgan fingerprint density at radius 2 is 2.00 bits per heavy atom. The molecule has 0 atom stereocenters. The third kappa shape index (κ3) is 3.15. The predicted octanol–water partition coefficient (Wildman–Crippen LogP) is 1.78. The summed E-state index contributed by atoms with van der Waals surface area (Å²) >= 11 is 0. The van der Waals surface area contributed by atoms with E-state index in [1.54, 1.807) is 24.1 Å². The molecule has 5 nitrogen and oxygen atoms in total. The van der Waals surface area contributed by atoms with Crippen LogP contribution in [0.3, 0.4) is 0 Å². The first-order chi connectivity index (χ1) is 8.13. The molecule has 0 unspecified atom stereocenters. The lowest BCUT2D eigenvalue weighted by Crippen LogP contribution is -2.36. The molecule has 0 saturated carbocycles. The topological polar surface area (TPSA) is 58.1 Å². The summed E-state index contributed by atoms with van der Waals surface area (Å²) in [5, 5.41) is 10.7. The van der Waals surface area contributed by atoms with Crippen LogP contribution in [-0.4, -0.2) is 41.1 Å². The average Bonchev–Trinajstić information content (AvgIpc) is 2.39. The van der Waals surface area contributed by atoms with Gasteiger partial charge in [0.1, 0.15) is 5.82 Å². The summed E-state index contributed by atoms with van der Waals surface area (Å²) in [5.74, 6) is 0.584. The molecule has 0 aromatic carbocycles. The first-order valence-electron chi connectivity index (χ1n) is 5.92. The summed E-state index contributed by atoms with van der Waals surface area (Å²) in [6.45, 7) is 4.15. The van der Waals surface area contributed by atoms with Gasteiger partial charge >= 0.3 is 0 Å². The Balaban J connectivity index is 2.80. The van der Waals surface area contributed by atoms with Crippen molar-refractivity contribution < 1.29 is 4.79 Å². The minimum absolute atomic E-state index is 0.0751. The number of amides is 1. The van der Waals surface area contributed by atoms with Gasteiger partial charge in [-0.15, -0.1) is 10.2 Å². The largest absolute Gasteiger partial charge is 0.372 e. The number of carbonyl (C=O) groups is 1. The van der Waals surface area contributed by atoms with Crippen LogP contribution in [0.15, 0.2) is 12.1 Å². The number of nitrogens with zero attached hydrogens (tertiary/aromatic N) is 3. The van der Waals surface area contributed by atoms with Gasteiger partial charge in [0, 0.05) is 20.1 Å². The van der Waals surface area contributed by atoms with Gasteiger partial charge in [0.05, 0.1) is 0 Å². The van der Waals surface area contributed by atoms with Gasteiger partial charge in [-0.2, -0.15) is 0 Å². The van der Waals surface area contributed by atoms with Crippen LogP contribution in [0.5, 0.6) is 0 Å². The van der Waals surface area contributed by atoms with Crippen molar-refractivity contribution in [1.82, 2.24) is 15.1 Å². The molecule has 1 aromatic heterocycles. The monoisotopic (exact) mass is 236 g/mol. The Kier molecular flexibility index (Phi) is 4.87. The van der Waals surface area contributed by atoms with E-state index >= 15 is 0 Å². The first kappa shape index (κ1) is 13.4. The average molecular weight is 236 g/mol. The van der Waals surface area contributed by atoms with Crippen molar-refractivity contribution in [2.45, 2.75) is 32.7 Å². The predicted molar refractivity (Wildman–Crippen MR) is 68.0 cm³/mol. The molecule has 1 aromatic rings. The highest BCUT2D eigenvalue weighted by molar-refractivity contribution is 5.92. The summed E-state index contributed by atoms with van der Waals surface area (Å²) in [7, 11) is 3.58. The van der Waals surface area contributed by atoms with Gasteiger partial charge in [0.25, 0.3) is 5.91 Å². The molecule has 0 aliphatic rings. The highest BCUT2D eigenvalue weighted by Gasteiger charge is 2.19. The Morgan fingerprint density at radius 3 is 2.41 bits per heavy atom. The Bertz CT molecular complexity index is 359. The minimum atomic E-state index is -0.0751. The molecule has 0 aliphatic heterocycles. The number of hydrogen-bond acceptors (Lipinski definition) is 4. The Labute approximate surface area is 102 Å². The lowest BCUT2D eigenvalue weighted by molar-refractivity contribution is 0.0716. The molecular formula is C12H20N4O. The van der Waals surface area contributed by atoms with Crippen molar-refractivity contribution >= 4 is 11.7 Å². The van der Waals surface area contributed by atoms with Gasteiger partial charge in [0.2, 0.25) is 0 Å². The van der Waals surface area contributed by atoms with Crippen molar-refractivity contribution in [3.63, 3.8) is 0 Å². The van der Waals surface area contributed by atoms with E-state index in [0.29, 0.717) is 11.5 Å². The molecule has 0 bridgehead atoms. The number of nitrogens with one attached hydrogen (secondary N) is 1. The molecule has 0 aliphatic carbocycles. The fourth-order valence-electron chi connectivity index (χ4n) is 1.76. The van der Waals surface area contributed by atoms with Crippen molar-refractivity contribution in [3.05, 3.63) is 17.8 Å². The third-order valence-corrected chi connectivity index (χ3v) is 2.95. The molecule has 17 heavy (non-hydrogen) atoms. The molecule has 0 spiro atoms. The maximum Gasteiger partial charge on any atom is 0.274 e. The van der Waals surface area contributed by atoms with Gasteiger partial charge in [-0.25, -0.2) is 0 Å². The summed E-state index contributed by atoms with van der Waals surface area (Å²) < 4.78 is 0. The number of aromatic nitrogens is 2. The van der Waals surface area contributed by atoms with Gasteiger partial charge in [0.15, 0.2) is 5.69 Å². The summed E-state index contributed by atoms with van der Waals surface area (Å²) in [4.78, 5) is 13.8. The molecule has 1 rings (SSSR count). The van der Waals surface area contributed by atoms with E-state index in [2.05, 4.69) is 29.4 Å². The van der Waals surface area contributed by atoms with Crippen LogP contribution >= 0.6 is 0 Å². The number of rotatable bonds is 5. The Hall–Kier alpha value is -1.65. The first-order valence-corrected chi connectivity index (χ1v) is 5.92. The van der Waals surface area contributed by atoms with Crippen molar-refractivity contribution in [2.24, 2.45) is 0 Å². The van der Waals surface area contributed by atoms with Crippen LogP contribution in [0.25, 0.3) is 0 Å². The summed E-state index contributed by atoms with van der Waals surface area (Å²) in [6, 6.07) is 3.70. The van der Waals surface area contributed by atoms with Gasteiger partial charge in [-0.3, -0.25) is 4.79 Å². The smallest absolute Gasteiger partial charge is 0.274 e. The molecule has 1 N–H and O–H groups in total. The normalized spacial score (nSPS) is 10.4. The Morgan fingerprint density at radius 1 is 1.35 bits per heavy atom. The van der Waals surface area contributed by atoms with Crippen molar-refractivity contribution in [3.8, 4) is 0 Å². The molecular weight excluding hydrogens is 216 g/mol. The molecule has 1 amide bonds. The van der Waals surface area contributed by atoms with Gasteiger partial charge in [-0.1, -0.05) is 13.8 Å². The van der Waals surface area contributed by atoms with E-state index < -0.39 is 0 Å². The molecule has 0 radical (unpaired) electrons. The minimum Gasteiger partial charge on any atom is -0.372 e. The SMILES string of the molecule is CCC(CC)N(C)C(=O)c1ccc(NC)nn1. The van der Waals surface area contributed by atoms with Crippen molar-refractivity contribution in [2.75, 3.05) is 19.4 Å². The lowest BCUT2D eigenvalue weighted by atomic mass is 10.1. The standard InChI is InChI=1S/C12H20N4O/c1-5-9(6-2)16(4)12(17)10-7-8-11(13-3)15-14-10/h7-9H,5-6H2,1-4H3,(H,13,15). The van der Waals surface area contributed by atoms with Crippen molar-refractivity contribution in [1.29, 1.82) is 0 Å². The van der Waals surface area contributed by atoms with Crippen LogP contribution in [-0.2, 0) is 0 Å². The van der Waals surface area contributed by atoms with Crippen LogP contribution in [0.4, 0.5) is 5.82 Å². The number of carbonyl (C=O) groups excluding carboxylic acids is 1. The van der Waals surface area contributed by atoms with E-state index in [-0.39, 0.29) is 11.9 Å². The van der Waals surface area contributed by atoms with Gasteiger partial charge < -0.3 is 10.2 Å². The fraction of sp³-hybridized carbons (Fsp3) is 0.583. The number of anilines is 1. The van der Waals surface area contributed by atoms with E-state index in [4.69, 9.17) is 0 Å². The molecule has 5 heteroatoms. The molecule has 0 saturated heterocycles. The quantitative estimate of drug-likeness (QED) is 0.846. The van der Waals surface area contributed by atoms with E-state index in [9.17, 15) is 4.79 Å². The van der Waals surface area contributed by atoms with E-state index in [0.717, 1.165) is 12.8 Å². The zero-order valence-corrected chi connectivity index (χ0v) is 10.9. The third-order valence-electron chi connectivity index (χ3n) is 2.95. The highest BCUT2D eigenvalue weighted by atomic mass is 16.2. The zero-order chi connectivity index (χ0) is 12.8. The van der Waals surface area contributed by atoms with Crippen LogP contribution in [0.1, 0.15) is 37.2 Å². The second-order valence-corrected chi connectivity index (χ2v) is 3.94. The second-order valence-electron chi connectivity index (χ2n) is 3.94. The van der Waals surface area contributed by atoms with Crippen LogP contribution < -0.4 is 5.32 Å².